The van der Waals surface area contributed by atoms with Crippen LogP contribution in [0.3, 0.4) is 0 Å². The smallest absolute Gasteiger partial charge is 0.203 e. The summed E-state index contributed by atoms with van der Waals surface area (Å²) >= 11 is 2.93. The Morgan fingerprint density at radius 3 is 2.47 bits per heavy atom. The number of benzene rings is 1. The monoisotopic (exact) mass is 290 g/mol. The van der Waals surface area contributed by atoms with E-state index in [0.29, 0.717) is 5.13 Å². The van der Waals surface area contributed by atoms with Crippen LogP contribution < -0.4 is 10.5 Å². The first-order chi connectivity index (χ1) is 9.26. The summed E-state index contributed by atoms with van der Waals surface area (Å²) in [7, 11) is 1.65. The quantitative estimate of drug-likeness (QED) is 0.802. The number of ether oxygens (including phenoxy) is 1. The molecule has 0 atom stereocenters. The van der Waals surface area contributed by atoms with Crippen molar-refractivity contribution in [3.63, 3.8) is 0 Å². The molecule has 19 heavy (non-hydrogen) atoms. The van der Waals surface area contributed by atoms with Crippen LogP contribution in [-0.4, -0.2) is 22.3 Å². The summed E-state index contributed by atoms with van der Waals surface area (Å²) in [6, 6.07) is 7.80. The molecule has 2 N–H and O–H groups in total. The Balaban J connectivity index is 1.91. The maximum Gasteiger partial charge on any atom is 0.203 e. The summed E-state index contributed by atoms with van der Waals surface area (Å²) in [5.74, 6) is 0.831. The average molecular weight is 290 g/mol. The second-order valence-corrected chi connectivity index (χ2v) is 5.74. The molecule has 0 spiro atoms. The summed E-state index contributed by atoms with van der Waals surface area (Å²) < 4.78 is 5.13. The van der Waals surface area contributed by atoms with Gasteiger partial charge in [0.2, 0.25) is 5.13 Å². The van der Waals surface area contributed by atoms with Crippen LogP contribution in [-0.2, 0) is 0 Å². The second kappa shape index (κ2) is 4.94. The van der Waals surface area contributed by atoms with Crippen LogP contribution in [0.5, 0.6) is 5.75 Å². The number of hydrogen-bond donors (Lipinski definition) is 1. The normalized spacial score (nSPS) is 10.6. The molecule has 7 heteroatoms. The molecule has 1 aromatic carbocycles. The number of nitrogens with zero attached hydrogens (tertiary/aromatic N) is 3. The molecule has 0 amide bonds. The first kappa shape index (κ1) is 12.1. The fraction of sp³-hybridized carbons (Fsp3) is 0.0833. The molecule has 0 saturated carbocycles. The molecule has 2 heterocycles. The molecule has 0 unspecified atom stereocenters. The molecule has 3 aromatic rings. The van der Waals surface area contributed by atoms with Crippen LogP contribution in [0.15, 0.2) is 30.5 Å². The van der Waals surface area contributed by atoms with Gasteiger partial charge in [-0.2, -0.15) is 0 Å². The van der Waals surface area contributed by atoms with Crippen LogP contribution >= 0.6 is 22.7 Å². The van der Waals surface area contributed by atoms with Gasteiger partial charge in [-0.15, -0.1) is 21.5 Å². The van der Waals surface area contributed by atoms with Gasteiger partial charge in [-0.25, -0.2) is 4.98 Å². The lowest BCUT2D eigenvalue weighted by Gasteiger charge is -1.99. The van der Waals surface area contributed by atoms with Crippen molar-refractivity contribution in [1.29, 1.82) is 0 Å². The maximum absolute atomic E-state index is 5.58. The number of anilines is 1. The molecule has 96 valence electrons. The topological polar surface area (TPSA) is 73.9 Å². The molecule has 0 aliphatic carbocycles. The Morgan fingerprint density at radius 2 is 1.84 bits per heavy atom. The van der Waals surface area contributed by atoms with E-state index in [2.05, 4.69) is 15.2 Å². The van der Waals surface area contributed by atoms with Crippen molar-refractivity contribution in [2.45, 2.75) is 0 Å². The summed E-state index contributed by atoms with van der Waals surface area (Å²) in [4.78, 5) is 5.38. The first-order valence-corrected chi connectivity index (χ1v) is 7.09. The largest absolute Gasteiger partial charge is 0.497 e. The van der Waals surface area contributed by atoms with E-state index in [1.54, 1.807) is 24.6 Å². The zero-order chi connectivity index (χ0) is 13.2. The van der Waals surface area contributed by atoms with Gasteiger partial charge in [0.25, 0.3) is 0 Å². The molecule has 3 rings (SSSR count). The minimum atomic E-state index is 0.467. The molecule has 0 aliphatic rings. The average Bonchev–Trinajstić information content (AvgIpc) is 3.07. The zero-order valence-corrected chi connectivity index (χ0v) is 11.7. The van der Waals surface area contributed by atoms with Crippen molar-refractivity contribution < 1.29 is 4.74 Å². The van der Waals surface area contributed by atoms with Gasteiger partial charge in [-0.1, -0.05) is 11.3 Å². The van der Waals surface area contributed by atoms with Crippen molar-refractivity contribution >= 4 is 27.8 Å². The molecular formula is C12H10N4OS2. The predicted molar refractivity (Wildman–Crippen MR) is 77.4 cm³/mol. The summed E-state index contributed by atoms with van der Waals surface area (Å²) in [6.07, 6.45) is 1.80. The number of hydrogen-bond acceptors (Lipinski definition) is 7. The number of nitrogens with two attached hydrogens (primary N) is 1. The highest BCUT2D eigenvalue weighted by Gasteiger charge is 2.10. The van der Waals surface area contributed by atoms with E-state index in [4.69, 9.17) is 10.5 Å². The van der Waals surface area contributed by atoms with E-state index in [1.807, 2.05) is 24.3 Å². The minimum absolute atomic E-state index is 0.467. The van der Waals surface area contributed by atoms with Gasteiger partial charge in [0, 0.05) is 11.8 Å². The van der Waals surface area contributed by atoms with Gasteiger partial charge in [0.15, 0.2) is 5.01 Å². The summed E-state index contributed by atoms with van der Waals surface area (Å²) in [6.45, 7) is 0. The summed E-state index contributed by atoms with van der Waals surface area (Å²) in [5, 5.41) is 10.0. The van der Waals surface area contributed by atoms with E-state index in [0.717, 1.165) is 26.2 Å². The fourth-order valence-corrected chi connectivity index (χ4v) is 3.14. The molecular weight excluding hydrogens is 280 g/mol. The Kier molecular flexibility index (Phi) is 3.14. The Morgan fingerprint density at radius 1 is 1.05 bits per heavy atom. The van der Waals surface area contributed by atoms with Crippen molar-refractivity contribution in [2.75, 3.05) is 12.8 Å². The van der Waals surface area contributed by atoms with Gasteiger partial charge in [-0.05, 0) is 24.3 Å². The third kappa shape index (κ3) is 2.42. The van der Waals surface area contributed by atoms with E-state index in [1.165, 1.54) is 11.3 Å². The Bertz CT molecular complexity index is 690. The highest BCUT2D eigenvalue weighted by atomic mass is 32.1. The van der Waals surface area contributed by atoms with Crippen LogP contribution in [0.1, 0.15) is 0 Å². The van der Waals surface area contributed by atoms with E-state index in [-0.39, 0.29) is 0 Å². The van der Waals surface area contributed by atoms with Crippen LogP contribution in [0, 0.1) is 0 Å². The zero-order valence-electron chi connectivity index (χ0n) is 10.0. The van der Waals surface area contributed by atoms with Gasteiger partial charge < -0.3 is 10.5 Å². The maximum atomic E-state index is 5.58. The van der Waals surface area contributed by atoms with Gasteiger partial charge >= 0.3 is 0 Å². The Hall–Kier alpha value is -1.99. The summed E-state index contributed by atoms with van der Waals surface area (Å²) in [5.41, 5.74) is 6.63. The van der Waals surface area contributed by atoms with Gasteiger partial charge in [0.05, 0.1) is 12.0 Å². The highest BCUT2D eigenvalue weighted by Crippen LogP contribution is 2.34. The molecule has 0 fully saturated rings. The van der Waals surface area contributed by atoms with Gasteiger partial charge in [-0.3, -0.25) is 0 Å². The lowest BCUT2D eigenvalue weighted by atomic mass is 10.2. The fourth-order valence-electron chi connectivity index (χ4n) is 1.57. The highest BCUT2D eigenvalue weighted by molar-refractivity contribution is 7.24. The first-order valence-electron chi connectivity index (χ1n) is 5.46. The van der Waals surface area contributed by atoms with Crippen molar-refractivity contribution in [3.05, 3.63) is 30.5 Å². The van der Waals surface area contributed by atoms with Crippen LogP contribution in [0.2, 0.25) is 0 Å². The molecule has 0 aliphatic heterocycles. The number of nitrogen functional groups attached to an aromatic ring is 1. The SMILES string of the molecule is COc1ccc(-c2ncc(-c3nnc(N)s3)s2)cc1. The lowest BCUT2D eigenvalue weighted by molar-refractivity contribution is 0.415. The van der Waals surface area contributed by atoms with Crippen molar-refractivity contribution in [3.8, 4) is 26.2 Å². The van der Waals surface area contributed by atoms with Crippen LogP contribution in [0.4, 0.5) is 5.13 Å². The van der Waals surface area contributed by atoms with E-state index < -0.39 is 0 Å². The third-order valence-corrected chi connectivity index (χ3v) is 4.46. The molecule has 0 bridgehead atoms. The van der Waals surface area contributed by atoms with Crippen molar-refractivity contribution in [1.82, 2.24) is 15.2 Å². The number of thiazole rings is 1. The predicted octanol–water partition coefficient (Wildman–Crippen LogP) is 2.92. The van der Waals surface area contributed by atoms with Gasteiger partial charge in [0.1, 0.15) is 10.8 Å². The van der Waals surface area contributed by atoms with E-state index >= 15 is 0 Å². The number of methoxy groups -OCH3 is 1. The molecule has 0 saturated heterocycles. The third-order valence-electron chi connectivity index (χ3n) is 2.49. The molecule has 5 nitrogen and oxygen atoms in total. The standard InChI is InChI=1S/C12H10N4OS2/c1-17-8-4-2-7(3-5-8)10-14-6-9(18-10)11-15-16-12(13)19-11/h2-6H,1H3,(H2,13,16). The number of rotatable bonds is 3. The molecule has 0 radical (unpaired) electrons. The second-order valence-electron chi connectivity index (χ2n) is 3.70. The Labute approximate surface area is 117 Å². The minimum Gasteiger partial charge on any atom is -0.497 e. The number of aromatic nitrogens is 3. The lowest BCUT2D eigenvalue weighted by Crippen LogP contribution is -1.81. The van der Waals surface area contributed by atoms with Crippen LogP contribution in [0.25, 0.3) is 20.5 Å². The molecule has 2 aromatic heterocycles. The van der Waals surface area contributed by atoms with E-state index in [9.17, 15) is 0 Å². The van der Waals surface area contributed by atoms with Crippen molar-refractivity contribution in [2.24, 2.45) is 0 Å².